The van der Waals surface area contributed by atoms with Crippen molar-refractivity contribution < 1.29 is 0 Å². The molecule has 0 aliphatic rings. The number of nitrogens with two attached hydrogens (primary N) is 1. The highest BCUT2D eigenvalue weighted by Gasteiger charge is 2.04. The Morgan fingerprint density at radius 1 is 1.20 bits per heavy atom. The van der Waals surface area contributed by atoms with Crippen LogP contribution in [0, 0.1) is 11.3 Å². The molecule has 0 radical (unpaired) electrons. The zero-order chi connectivity index (χ0) is 14.5. The number of nitriles is 1. The number of nitrogen functional groups attached to an aromatic ring is 1. The number of anilines is 3. The van der Waals surface area contributed by atoms with Gasteiger partial charge in [0.2, 0.25) is 0 Å². The van der Waals surface area contributed by atoms with E-state index in [-0.39, 0.29) is 0 Å². The summed E-state index contributed by atoms with van der Waals surface area (Å²) in [5.74, 6) is 0.566. The van der Waals surface area contributed by atoms with Crippen LogP contribution in [0.25, 0.3) is 0 Å². The minimum Gasteiger partial charge on any atom is -0.397 e. The van der Waals surface area contributed by atoms with E-state index in [1.165, 1.54) is 5.56 Å². The predicted molar refractivity (Wildman–Crippen MR) is 84.0 cm³/mol. The minimum absolute atomic E-state index is 0.566. The molecule has 0 aliphatic carbocycles. The number of hydrogen-bond acceptors (Lipinski definition) is 3. The Bertz CT molecular complexity index is 624. The second kappa shape index (κ2) is 6.12. The van der Waals surface area contributed by atoms with Crippen molar-refractivity contribution in [1.29, 1.82) is 5.26 Å². The van der Waals surface area contributed by atoms with Crippen molar-refractivity contribution in [3.63, 3.8) is 0 Å². The van der Waals surface area contributed by atoms with E-state index in [1.807, 2.05) is 12.1 Å². The number of hydrogen-bond donors (Lipinski definition) is 2. The van der Waals surface area contributed by atoms with Crippen LogP contribution in [0.1, 0.15) is 37.3 Å². The summed E-state index contributed by atoms with van der Waals surface area (Å²) in [7, 11) is 0. The summed E-state index contributed by atoms with van der Waals surface area (Å²) in [4.78, 5) is 0. The van der Waals surface area contributed by atoms with Crippen molar-refractivity contribution >= 4 is 17.1 Å². The van der Waals surface area contributed by atoms with Gasteiger partial charge in [-0.05, 0) is 48.2 Å². The minimum atomic E-state index is 0.566. The van der Waals surface area contributed by atoms with Crippen LogP contribution in [-0.4, -0.2) is 0 Å². The van der Waals surface area contributed by atoms with Gasteiger partial charge in [-0.3, -0.25) is 0 Å². The zero-order valence-corrected chi connectivity index (χ0v) is 11.9. The van der Waals surface area contributed by atoms with Crippen molar-refractivity contribution in [1.82, 2.24) is 0 Å². The van der Waals surface area contributed by atoms with Gasteiger partial charge in [0.25, 0.3) is 0 Å². The Balaban J connectivity index is 2.20. The molecule has 0 saturated carbocycles. The Morgan fingerprint density at radius 2 is 1.90 bits per heavy atom. The molecule has 2 aromatic carbocycles. The van der Waals surface area contributed by atoms with Crippen LogP contribution >= 0.6 is 0 Å². The second-order valence-electron chi connectivity index (χ2n) is 4.97. The van der Waals surface area contributed by atoms with E-state index in [1.54, 1.807) is 18.2 Å². The standard InChI is InChI=1S/C17H19N3/c1-3-12(2)14-5-7-15(8-6-14)20-17-10-13(11-18)4-9-16(17)19/h4-10,12,20H,3,19H2,1-2H3. The van der Waals surface area contributed by atoms with Crippen LogP contribution in [0.5, 0.6) is 0 Å². The second-order valence-corrected chi connectivity index (χ2v) is 4.97. The Morgan fingerprint density at radius 3 is 2.50 bits per heavy atom. The molecule has 3 heteroatoms. The third-order valence-corrected chi connectivity index (χ3v) is 3.55. The molecule has 3 nitrogen and oxygen atoms in total. The molecule has 0 amide bonds. The molecule has 0 aromatic heterocycles. The van der Waals surface area contributed by atoms with Gasteiger partial charge in [-0.15, -0.1) is 0 Å². The number of rotatable bonds is 4. The topological polar surface area (TPSA) is 61.8 Å². The summed E-state index contributed by atoms with van der Waals surface area (Å²) < 4.78 is 0. The van der Waals surface area contributed by atoms with Gasteiger partial charge in [-0.2, -0.15) is 5.26 Å². The van der Waals surface area contributed by atoms with Gasteiger partial charge in [-0.1, -0.05) is 26.0 Å². The lowest BCUT2D eigenvalue weighted by Gasteiger charge is -2.12. The summed E-state index contributed by atoms with van der Waals surface area (Å²) >= 11 is 0. The fourth-order valence-corrected chi connectivity index (χ4v) is 2.02. The average molecular weight is 265 g/mol. The number of nitrogens with one attached hydrogen (secondary N) is 1. The van der Waals surface area contributed by atoms with Crippen LogP contribution < -0.4 is 11.1 Å². The molecule has 0 spiro atoms. The lowest BCUT2D eigenvalue weighted by atomic mass is 9.98. The summed E-state index contributed by atoms with van der Waals surface area (Å²) in [5.41, 5.74) is 10.2. The molecule has 2 rings (SSSR count). The highest BCUT2D eigenvalue weighted by molar-refractivity contribution is 5.74. The van der Waals surface area contributed by atoms with Crippen LogP contribution in [-0.2, 0) is 0 Å². The fourth-order valence-electron chi connectivity index (χ4n) is 2.02. The molecule has 0 fully saturated rings. The average Bonchev–Trinajstić information content (AvgIpc) is 2.49. The van der Waals surface area contributed by atoms with Gasteiger partial charge in [-0.25, -0.2) is 0 Å². The molecular weight excluding hydrogens is 246 g/mol. The van der Waals surface area contributed by atoms with Gasteiger partial charge >= 0.3 is 0 Å². The van der Waals surface area contributed by atoms with Crippen LogP contribution in [0.4, 0.5) is 17.1 Å². The van der Waals surface area contributed by atoms with Crippen molar-refractivity contribution in [2.75, 3.05) is 11.1 Å². The van der Waals surface area contributed by atoms with E-state index in [0.29, 0.717) is 17.2 Å². The molecule has 0 saturated heterocycles. The number of nitrogens with zero attached hydrogens (tertiary/aromatic N) is 1. The molecule has 0 heterocycles. The van der Waals surface area contributed by atoms with Crippen molar-refractivity contribution in [2.24, 2.45) is 0 Å². The molecule has 1 unspecified atom stereocenters. The van der Waals surface area contributed by atoms with E-state index in [9.17, 15) is 0 Å². The van der Waals surface area contributed by atoms with E-state index in [4.69, 9.17) is 11.0 Å². The van der Waals surface area contributed by atoms with Crippen LogP contribution in [0.15, 0.2) is 42.5 Å². The quantitative estimate of drug-likeness (QED) is 0.805. The summed E-state index contributed by atoms with van der Waals surface area (Å²) in [6.07, 6.45) is 1.13. The van der Waals surface area contributed by atoms with Crippen LogP contribution in [0.2, 0.25) is 0 Å². The molecule has 1 atom stereocenters. The fraction of sp³-hybridized carbons (Fsp3) is 0.235. The molecule has 2 aromatic rings. The van der Waals surface area contributed by atoms with Gasteiger partial charge in [0.15, 0.2) is 0 Å². The molecule has 0 bridgehead atoms. The third-order valence-electron chi connectivity index (χ3n) is 3.55. The SMILES string of the molecule is CCC(C)c1ccc(Nc2cc(C#N)ccc2N)cc1. The van der Waals surface area contributed by atoms with Crippen molar-refractivity contribution in [2.45, 2.75) is 26.2 Å². The first-order chi connectivity index (χ1) is 9.63. The van der Waals surface area contributed by atoms with E-state index >= 15 is 0 Å². The maximum absolute atomic E-state index is 8.93. The molecular formula is C17H19N3. The van der Waals surface area contributed by atoms with Crippen molar-refractivity contribution in [3.05, 3.63) is 53.6 Å². The zero-order valence-electron chi connectivity index (χ0n) is 11.9. The highest BCUT2D eigenvalue weighted by atomic mass is 14.9. The summed E-state index contributed by atoms with van der Waals surface area (Å²) in [5, 5.41) is 12.2. The lowest BCUT2D eigenvalue weighted by Crippen LogP contribution is -1.97. The molecule has 0 aliphatic heterocycles. The van der Waals surface area contributed by atoms with Gasteiger partial charge < -0.3 is 11.1 Å². The number of benzene rings is 2. The summed E-state index contributed by atoms with van der Waals surface area (Å²) in [6, 6.07) is 15.7. The van der Waals surface area contributed by atoms with Crippen LogP contribution in [0.3, 0.4) is 0 Å². The first kappa shape index (κ1) is 14.0. The largest absolute Gasteiger partial charge is 0.397 e. The van der Waals surface area contributed by atoms with Gasteiger partial charge in [0, 0.05) is 5.69 Å². The highest BCUT2D eigenvalue weighted by Crippen LogP contribution is 2.26. The maximum atomic E-state index is 8.93. The van der Waals surface area contributed by atoms with E-state index in [0.717, 1.165) is 17.8 Å². The first-order valence-corrected chi connectivity index (χ1v) is 6.80. The predicted octanol–water partition coefficient (Wildman–Crippen LogP) is 4.40. The molecule has 3 N–H and O–H groups in total. The smallest absolute Gasteiger partial charge is 0.0992 e. The Labute approximate surface area is 120 Å². The Hall–Kier alpha value is -2.47. The van der Waals surface area contributed by atoms with Gasteiger partial charge in [0.1, 0.15) is 0 Å². The normalized spacial score (nSPS) is 11.7. The van der Waals surface area contributed by atoms with Crippen molar-refractivity contribution in [3.8, 4) is 6.07 Å². The van der Waals surface area contributed by atoms with E-state index in [2.05, 4.69) is 37.4 Å². The molecule has 102 valence electrons. The van der Waals surface area contributed by atoms with E-state index < -0.39 is 0 Å². The molecule has 20 heavy (non-hydrogen) atoms. The third kappa shape index (κ3) is 3.10. The lowest BCUT2D eigenvalue weighted by molar-refractivity contribution is 0.734. The Kier molecular flexibility index (Phi) is 4.27. The monoisotopic (exact) mass is 265 g/mol. The maximum Gasteiger partial charge on any atom is 0.0992 e. The first-order valence-electron chi connectivity index (χ1n) is 6.80. The summed E-state index contributed by atoms with van der Waals surface area (Å²) in [6.45, 7) is 4.40. The van der Waals surface area contributed by atoms with Gasteiger partial charge in [0.05, 0.1) is 23.0 Å².